The molecule has 2 aromatic carbocycles. The van der Waals surface area contributed by atoms with Crippen molar-refractivity contribution < 1.29 is 5.11 Å². The Balaban J connectivity index is 0.00000225. The molecule has 6 heteroatoms. The average Bonchev–Trinajstić information content (AvgIpc) is 3.11. The molecular weight excluding hydrogens is 411 g/mol. The van der Waals surface area contributed by atoms with Crippen LogP contribution in [0.15, 0.2) is 53.9 Å². The molecule has 0 spiro atoms. The first kappa shape index (κ1) is 21.6. The number of benzene rings is 2. The number of aliphatic hydroxyl groups is 1. The van der Waals surface area contributed by atoms with Gasteiger partial charge in [0.05, 0.1) is 6.10 Å². The van der Waals surface area contributed by atoms with E-state index in [1.54, 1.807) is 11.3 Å². The van der Waals surface area contributed by atoms with Gasteiger partial charge in [-0.25, -0.2) is 0 Å². The molecule has 3 aromatic rings. The number of hydrogen-bond acceptors (Lipinski definition) is 4. The van der Waals surface area contributed by atoms with Crippen molar-refractivity contribution in [2.75, 3.05) is 32.7 Å². The monoisotopic (exact) mass is 436 g/mol. The smallest absolute Gasteiger partial charge is 0.0816 e. The molecule has 0 radical (unpaired) electrons. The highest BCUT2D eigenvalue weighted by Crippen LogP contribution is 2.33. The van der Waals surface area contributed by atoms with Crippen molar-refractivity contribution in [2.24, 2.45) is 0 Å². The minimum Gasteiger partial charge on any atom is -0.388 e. The average molecular weight is 437 g/mol. The topological polar surface area (TPSA) is 26.7 Å². The van der Waals surface area contributed by atoms with Crippen molar-refractivity contribution in [3.63, 3.8) is 0 Å². The number of thiophene rings is 1. The molecule has 1 unspecified atom stereocenters. The van der Waals surface area contributed by atoms with Gasteiger partial charge >= 0.3 is 0 Å². The summed E-state index contributed by atoms with van der Waals surface area (Å²) >= 11 is 7.72. The summed E-state index contributed by atoms with van der Waals surface area (Å²) < 4.78 is 1.14. The van der Waals surface area contributed by atoms with Crippen molar-refractivity contribution in [3.05, 3.63) is 70.1 Å². The first-order chi connectivity index (χ1) is 13.2. The van der Waals surface area contributed by atoms with Crippen LogP contribution in [0.4, 0.5) is 0 Å². The summed E-state index contributed by atoms with van der Waals surface area (Å²) in [6.07, 6.45) is 0.356. The minimum absolute atomic E-state index is 0. The van der Waals surface area contributed by atoms with Crippen molar-refractivity contribution >= 4 is 45.4 Å². The van der Waals surface area contributed by atoms with E-state index in [-0.39, 0.29) is 12.4 Å². The Morgan fingerprint density at radius 2 is 1.71 bits per heavy atom. The van der Waals surface area contributed by atoms with E-state index in [9.17, 15) is 5.11 Å². The summed E-state index contributed by atoms with van der Waals surface area (Å²) in [5.41, 5.74) is 2.42. The molecule has 1 saturated heterocycles. The van der Waals surface area contributed by atoms with Gasteiger partial charge < -0.3 is 10.0 Å². The van der Waals surface area contributed by atoms with E-state index in [4.69, 9.17) is 11.6 Å². The van der Waals surface area contributed by atoms with Crippen molar-refractivity contribution in [1.29, 1.82) is 0 Å². The molecule has 28 heavy (non-hydrogen) atoms. The lowest BCUT2D eigenvalue weighted by Crippen LogP contribution is -2.46. The van der Waals surface area contributed by atoms with Gasteiger partial charge in [-0.1, -0.05) is 48.0 Å². The van der Waals surface area contributed by atoms with E-state index in [0.29, 0.717) is 0 Å². The first-order valence-electron chi connectivity index (χ1n) is 9.52. The maximum absolute atomic E-state index is 10.7. The Morgan fingerprint density at radius 3 is 2.46 bits per heavy atom. The van der Waals surface area contributed by atoms with Crippen LogP contribution in [0.1, 0.15) is 23.7 Å². The molecule has 0 bridgehead atoms. The van der Waals surface area contributed by atoms with Crippen LogP contribution in [0.5, 0.6) is 0 Å². The second-order valence-electron chi connectivity index (χ2n) is 7.24. The number of rotatable bonds is 6. The predicted molar refractivity (Wildman–Crippen MR) is 122 cm³/mol. The molecule has 3 nitrogen and oxygen atoms in total. The van der Waals surface area contributed by atoms with Crippen LogP contribution in [-0.2, 0) is 6.54 Å². The molecular formula is C22H26Cl2N2OS. The van der Waals surface area contributed by atoms with Crippen LogP contribution in [-0.4, -0.2) is 47.6 Å². The molecule has 1 aromatic heterocycles. The third kappa shape index (κ3) is 5.26. The number of fused-ring (bicyclic) bond motifs is 1. The van der Waals surface area contributed by atoms with Gasteiger partial charge in [0.15, 0.2) is 0 Å². The zero-order valence-corrected chi connectivity index (χ0v) is 18.1. The third-order valence-corrected chi connectivity index (χ3v) is 6.56. The Bertz CT molecular complexity index is 879. The van der Waals surface area contributed by atoms with Crippen LogP contribution in [0.2, 0.25) is 5.02 Å². The Hall–Kier alpha value is -1.14. The van der Waals surface area contributed by atoms with Gasteiger partial charge in [0, 0.05) is 49.0 Å². The van der Waals surface area contributed by atoms with Gasteiger partial charge in [-0.3, -0.25) is 4.90 Å². The van der Waals surface area contributed by atoms with Gasteiger partial charge in [-0.2, -0.15) is 0 Å². The SMILES string of the molecule is Cl.OC(CCN1CCN(Cc2ccccc2)CC1)c1csc2cc(Cl)ccc12. The Morgan fingerprint density at radius 1 is 1.00 bits per heavy atom. The quantitative estimate of drug-likeness (QED) is 0.573. The third-order valence-electron chi connectivity index (χ3n) is 5.36. The summed E-state index contributed by atoms with van der Waals surface area (Å²) in [4.78, 5) is 4.98. The number of hydrogen-bond donors (Lipinski definition) is 1. The highest BCUT2D eigenvalue weighted by Gasteiger charge is 2.19. The summed E-state index contributed by atoms with van der Waals surface area (Å²) in [5, 5.41) is 14.6. The predicted octanol–water partition coefficient (Wildman–Crippen LogP) is 5.22. The van der Waals surface area contributed by atoms with E-state index in [1.165, 1.54) is 5.56 Å². The van der Waals surface area contributed by atoms with Gasteiger partial charge in [-0.05, 0) is 40.4 Å². The second kappa shape index (κ2) is 10.1. The number of piperazine rings is 1. The lowest BCUT2D eigenvalue weighted by molar-refractivity contribution is 0.0999. The van der Waals surface area contributed by atoms with E-state index >= 15 is 0 Å². The van der Waals surface area contributed by atoms with Crippen LogP contribution >= 0.6 is 35.3 Å². The first-order valence-corrected chi connectivity index (χ1v) is 10.8. The Labute approximate surface area is 181 Å². The molecule has 150 valence electrons. The molecule has 1 aliphatic rings. The second-order valence-corrected chi connectivity index (χ2v) is 8.59. The van der Waals surface area contributed by atoms with Crippen molar-refractivity contribution in [2.45, 2.75) is 19.1 Å². The van der Waals surface area contributed by atoms with Crippen LogP contribution in [0, 0.1) is 0 Å². The van der Waals surface area contributed by atoms with Gasteiger partial charge in [0.1, 0.15) is 0 Å². The van der Waals surface area contributed by atoms with Crippen LogP contribution < -0.4 is 0 Å². The minimum atomic E-state index is -0.415. The molecule has 1 atom stereocenters. The molecule has 0 saturated carbocycles. The molecule has 1 aliphatic heterocycles. The fraction of sp³-hybridized carbons (Fsp3) is 0.364. The van der Waals surface area contributed by atoms with E-state index in [1.807, 2.05) is 18.2 Å². The standard InChI is InChI=1S/C22H25ClN2OS.ClH/c23-18-6-7-19-20(16-27-22(19)14-18)21(26)8-9-24-10-12-25(13-11-24)15-17-4-2-1-3-5-17;/h1-7,14,16,21,26H,8-13,15H2;1H. The largest absolute Gasteiger partial charge is 0.388 e. The summed E-state index contributed by atoms with van der Waals surface area (Å²) in [7, 11) is 0. The maximum Gasteiger partial charge on any atom is 0.0816 e. The normalized spacial score (nSPS) is 16.8. The zero-order valence-electron chi connectivity index (χ0n) is 15.8. The van der Waals surface area contributed by atoms with E-state index in [2.05, 4.69) is 45.5 Å². The molecule has 1 N–H and O–H groups in total. The number of nitrogens with zero attached hydrogens (tertiary/aromatic N) is 2. The maximum atomic E-state index is 10.7. The highest BCUT2D eigenvalue weighted by atomic mass is 35.5. The van der Waals surface area contributed by atoms with Crippen LogP contribution in [0.25, 0.3) is 10.1 Å². The van der Waals surface area contributed by atoms with Crippen LogP contribution in [0.3, 0.4) is 0 Å². The van der Waals surface area contributed by atoms with Gasteiger partial charge in [0.25, 0.3) is 0 Å². The number of halogens is 2. The molecule has 0 amide bonds. The zero-order chi connectivity index (χ0) is 18.6. The van der Waals surface area contributed by atoms with Crippen molar-refractivity contribution in [1.82, 2.24) is 9.80 Å². The summed E-state index contributed by atoms with van der Waals surface area (Å²) in [6, 6.07) is 16.6. The summed E-state index contributed by atoms with van der Waals surface area (Å²) in [5.74, 6) is 0. The molecule has 1 fully saturated rings. The van der Waals surface area contributed by atoms with E-state index < -0.39 is 6.10 Å². The lowest BCUT2D eigenvalue weighted by atomic mass is 10.1. The lowest BCUT2D eigenvalue weighted by Gasteiger charge is -2.35. The van der Waals surface area contributed by atoms with E-state index in [0.717, 1.165) is 66.4 Å². The number of aliphatic hydroxyl groups excluding tert-OH is 1. The Kier molecular flexibility index (Phi) is 7.75. The summed E-state index contributed by atoms with van der Waals surface area (Å²) in [6.45, 7) is 6.28. The molecule has 0 aliphatic carbocycles. The van der Waals surface area contributed by atoms with Gasteiger partial charge in [-0.15, -0.1) is 23.7 Å². The highest BCUT2D eigenvalue weighted by molar-refractivity contribution is 7.17. The molecule has 2 heterocycles. The fourth-order valence-corrected chi connectivity index (χ4v) is 5.04. The molecule has 4 rings (SSSR count). The fourth-order valence-electron chi connectivity index (χ4n) is 3.75. The van der Waals surface area contributed by atoms with Crippen molar-refractivity contribution in [3.8, 4) is 0 Å². The van der Waals surface area contributed by atoms with Gasteiger partial charge in [0.2, 0.25) is 0 Å².